The van der Waals surface area contributed by atoms with Crippen LogP contribution >= 0.6 is 0 Å². The van der Waals surface area contributed by atoms with Gasteiger partial charge in [0, 0.05) is 6.42 Å². The standard InChI is InChI=1S/C14H17N3O3/c1-2-3-8-12(18)17(15)9-16-13(19)10-6-4-5-7-11(10)14(16)20/h4-7H,2-3,8-9,15H2,1H3. The summed E-state index contributed by atoms with van der Waals surface area (Å²) in [5.41, 5.74) is 0.707. The van der Waals surface area contributed by atoms with Gasteiger partial charge in [0.05, 0.1) is 11.1 Å². The second-order valence-electron chi connectivity index (χ2n) is 4.69. The third-order valence-electron chi connectivity index (χ3n) is 3.24. The summed E-state index contributed by atoms with van der Waals surface area (Å²) < 4.78 is 0. The molecule has 0 unspecified atom stereocenters. The predicted molar refractivity (Wildman–Crippen MR) is 72.4 cm³/mol. The summed E-state index contributed by atoms with van der Waals surface area (Å²) >= 11 is 0. The lowest BCUT2D eigenvalue weighted by atomic mass is 10.1. The van der Waals surface area contributed by atoms with E-state index in [1.807, 2.05) is 6.92 Å². The fourth-order valence-electron chi connectivity index (χ4n) is 2.07. The van der Waals surface area contributed by atoms with Crippen molar-refractivity contribution in [1.29, 1.82) is 0 Å². The molecule has 6 nitrogen and oxygen atoms in total. The summed E-state index contributed by atoms with van der Waals surface area (Å²) in [6.07, 6.45) is 1.93. The zero-order chi connectivity index (χ0) is 14.7. The van der Waals surface area contributed by atoms with Gasteiger partial charge in [-0.2, -0.15) is 0 Å². The highest BCUT2D eigenvalue weighted by Gasteiger charge is 2.36. The smallest absolute Gasteiger partial charge is 0.263 e. The van der Waals surface area contributed by atoms with Crippen LogP contribution in [0.5, 0.6) is 0 Å². The Morgan fingerprint density at radius 1 is 1.20 bits per heavy atom. The first-order valence-electron chi connectivity index (χ1n) is 6.56. The molecule has 1 heterocycles. The first-order chi connectivity index (χ1) is 9.56. The third-order valence-corrected chi connectivity index (χ3v) is 3.24. The van der Waals surface area contributed by atoms with Crippen molar-refractivity contribution < 1.29 is 14.4 Å². The Balaban J connectivity index is 2.07. The number of carbonyl (C=O) groups excluding carboxylic acids is 3. The molecule has 0 bridgehead atoms. The molecule has 0 aliphatic carbocycles. The van der Waals surface area contributed by atoms with Gasteiger partial charge in [-0.05, 0) is 18.6 Å². The summed E-state index contributed by atoms with van der Waals surface area (Å²) in [5, 5.41) is 0.928. The minimum absolute atomic E-state index is 0.213. The van der Waals surface area contributed by atoms with Crippen molar-refractivity contribution in [3.8, 4) is 0 Å². The fraction of sp³-hybridized carbons (Fsp3) is 0.357. The molecule has 1 aliphatic rings. The molecule has 0 atom stereocenters. The van der Waals surface area contributed by atoms with E-state index in [-0.39, 0.29) is 12.6 Å². The molecule has 0 saturated carbocycles. The van der Waals surface area contributed by atoms with Crippen molar-refractivity contribution in [3.63, 3.8) is 0 Å². The Labute approximate surface area is 117 Å². The molecule has 0 spiro atoms. The van der Waals surface area contributed by atoms with E-state index >= 15 is 0 Å². The molecule has 6 heteroatoms. The highest BCUT2D eigenvalue weighted by Crippen LogP contribution is 2.22. The van der Waals surface area contributed by atoms with Crippen LogP contribution in [0.2, 0.25) is 0 Å². The Morgan fingerprint density at radius 3 is 2.25 bits per heavy atom. The predicted octanol–water partition coefficient (Wildman–Crippen LogP) is 1.13. The van der Waals surface area contributed by atoms with Crippen LogP contribution in [-0.4, -0.2) is 34.3 Å². The molecule has 1 aromatic carbocycles. The van der Waals surface area contributed by atoms with Crippen molar-refractivity contribution in [2.75, 3.05) is 6.67 Å². The quantitative estimate of drug-likeness (QED) is 0.378. The van der Waals surface area contributed by atoms with E-state index in [9.17, 15) is 14.4 Å². The second-order valence-corrected chi connectivity index (χ2v) is 4.69. The van der Waals surface area contributed by atoms with Gasteiger partial charge in [0.2, 0.25) is 5.91 Å². The average Bonchev–Trinajstić information content (AvgIpc) is 2.70. The molecule has 2 rings (SSSR count). The highest BCUT2D eigenvalue weighted by atomic mass is 16.2. The topological polar surface area (TPSA) is 83.7 Å². The van der Waals surface area contributed by atoms with Gasteiger partial charge < -0.3 is 0 Å². The lowest BCUT2D eigenvalue weighted by molar-refractivity contribution is -0.132. The minimum atomic E-state index is -0.413. The number of unbranched alkanes of at least 4 members (excludes halogenated alkanes) is 1. The lowest BCUT2D eigenvalue weighted by Gasteiger charge is -2.22. The summed E-state index contributed by atoms with van der Waals surface area (Å²) in [4.78, 5) is 36.9. The highest BCUT2D eigenvalue weighted by molar-refractivity contribution is 6.21. The summed E-state index contributed by atoms with van der Waals surface area (Å²) in [6, 6.07) is 6.57. The molecule has 0 saturated heterocycles. The summed E-state index contributed by atoms with van der Waals surface area (Å²) in [7, 11) is 0. The zero-order valence-corrected chi connectivity index (χ0v) is 11.3. The Hall–Kier alpha value is -2.21. The van der Waals surface area contributed by atoms with E-state index in [0.717, 1.165) is 22.8 Å². The number of fused-ring (bicyclic) bond motifs is 1. The van der Waals surface area contributed by atoms with Crippen LogP contribution in [0.15, 0.2) is 24.3 Å². The van der Waals surface area contributed by atoms with Gasteiger partial charge in [-0.25, -0.2) is 5.84 Å². The van der Waals surface area contributed by atoms with Gasteiger partial charge in [-0.1, -0.05) is 25.5 Å². The van der Waals surface area contributed by atoms with E-state index < -0.39 is 11.8 Å². The number of rotatable bonds is 5. The van der Waals surface area contributed by atoms with Crippen LogP contribution in [-0.2, 0) is 4.79 Å². The lowest BCUT2D eigenvalue weighted by Crippen LogP contribution is -2.47. The summed E-state index contributed by atoms with van der Waals surface area (Å²) in [5.74, 6) is 4.53. The molecular weight excluding hydrogens is 258 g/mol. The Kier molecular flexibility index (Phi) is 4.14. The van der Waals surface area contributed by atoms with Crippen molar-refractivity contribution in [3.05, 3.63) is 35.4 Å². The van der Waals surface area contributed by atoms with Crippen LogP contribution in [0.3, 0.4) is 0 Å². The minimum Gasteiger partial charge on any atom is -0.273 e. The maximum absolute atomic E-state index is 12.1. The van der Waals surface area contributed by atoms with Crippen LogP contribution in [0.25, 0.3) is 0 Å². The normalized spacial score (nSPS) is 13.6. The van der Waals surface area contributed by atoms with Crippen molar-refractivity contribution in [2.24, 2.45) is 5.84 Å². The number of benzene rings is 1. The SMILES string of the molecule is CCCCC(=O)N(N)CN1C(=O)c2ccccc2C1=O. The van der Waals surface area contributed by atoms with Crippen molar-refractivity contribution >= 4 is 17.7 Å². The third kappa shape index (κ3) is 2.55. The van der Waals surface area contributed by atoms with Gasteiger partial charge in [0.15, 0.2) is 0 Å². The van der Waals surface area contributed by atoms with Gasteiger partial charge in [0.25, 0.3) is 11.8 Å². The van der Waals surface area contributed by atoms with Crippen molar-refractivity contribution in [2.45, 2.75) is 26.2 Å². The molecule has 0 fully saturated rings. The van der Waals surface area contributed by atoms with Gasteiger partial charge in [0.1, 0.15) is 6.67 Å². The van der Waals surface area contributed by atoms with E-state index in [0.29, 0.717) is 17.5 Å². The summed E-state index contributed by atoms with van der Waals surface area (Å²) in [6.45, 7) is 1.76. The van der Waals surface area contributed by atoms with E-state index in [2.05, 4.69) is 0 Å². The van der Waals surface area contributed by atoms with Crippen LogP contribution in [0.1, 0.15) is 46.9 Å². The van der Waals surface area contributed by atoms with Crippen LogP contribution < -0.4 is 5.84 Å². The number of nitrogens with zero attached hydrogens (tertiary/aromatic N) is 2. The average molecular weight is 275 g/mol. The molecule has 2 N–H and O–H groups in total. The number of nitrogens with two attached hydrogens (primary N) is 1. The van der Waals surface area contributed by atoms with Gasteiger partial charge in [-0.3, -0.25) is 24.3 Å². The number of carbonyl (C=O) groups is 3. The molecule has 1 aliphatic heterocycles. The second kappa shape index (κ2) is 5.83. The zero-order valence-electron chi connectivity index (χ0n) is 11.3. The van der Waals surface area contributed by atoms with Crippen LogP contribution in [0, 0.1) is 0 Å². The largest absolute Gasteiger partial charge is 0.273 e. The van der Waals surface area contributed by atoms with E-state index in [1.165, 1.54) is 0 Å². The molecule has 106 valence electrons. The number of amides is 3. The Morgan fingerprint density at radius 2 is 1.75 bits per heavy atom. The Bertz CT molecular complexity index is 521. The van der Waals surface area contributed by atoms with E-state index in [1.54, 1.807) is 24.3 Å². The molecule has 20 heavy (non-hydrogen) atoms. The monoisotopic (exact) mass is 275 g/mol. The maximum Gasteiger partial charge on any atom is 0.263 e. The molecule has 0 radical (unpaired) electrons. The first kappa shape index (κ1) is 14.2. The first-order valence-corrected chi connectivity index (χ1v) is 6.56. The van der Waals surface area contributed by atoms with Gasteiger partial charge in [-0.15, -0.1) is 0 Å². The maximum atomic E-state index is 12.1. The number of imide groups is 1. The van der Waals surface area contributed by atoms with E-state index in [4.69, 9.17) is 5.84 Å². The molecule has 0 aromatic heterocycles. The van der Waals surface area contributed by atoms with Crippen molar-refractivity contribution in [1.82, 2.24) is 9.91 Å². The number of hydrogen-bond acceptors (Lipinski definition) is 4. The van der Waals surface area contributed by atoms with Crippen LogP contribution in [0.4, 0.5) is 0 Å². The molecule has 1 aromatic rings. The number of hydrogen-bond donors (Lipinski definition) is 1. The molecule has 3 amide bonds. The van der Waals surface area contributed by atoms with Gasteiger partial charge >= 0.3 is 0 Å². The molecular formula is C14H17N3O3. The fourth-order valence-corrected chi connectivity index (χ4v) is 2.07. The number of hydrazine groups is 1.